The van der Waals surface area contributed by atoms with E-state index in [0.717, 1.165) is 0 Å². The van der Waals surface area contributed by atoms with Crippen molar-refractivity contribution in [3.63, 3.8) is 0 Å². The van der Waals surface area contributed by atoms with Gasteiger partial charge in [-0.2, -0.15) is 0 Å². The number of Topliss-reactive ketones (excluding diaryl/α,β-unsaturated/α-hetero) is 1. The Morgan fingerprint density at radius 1 is 1.29 bits per heavy atom. The normalized spacial score (nSPS) is 9.57. The molecule has 0 aromatic heterocycles. The van der Waals surface area contributed by atoms with Gasteiger partial charge in [0.05, 0.1) is 5.33 Å². The van der Waals surface area contributed by atoms with Gasteiger partial charge in [-0.3, -0.25) is 9.59 Å². The molecule has 74 valence electrons. The summed E-state index contributed by atoms with van der Waals surface area (Å²) in [5.74, 6) is 0.0764. The number of esters is 1. The van der Waals surface area contributed by atoms with E-state index in [1.54, 1.807) is 24.3 Å². The van der Waals surface area contributed by atoms with Gasteiger partial charge in [-0.05, 0) is 24.3 Å². The quantitative estimate of drug-likeness (QED) is 0.361. The van der Waals surface area contributed by atoms with Crippen molar-refractivity contribution in [3.05, 3.63) is 29.8 Å². The molecule has 1 aromatic carbocycles. The molecule has 0 saturated heterocycles. The van der Waals surface area contributed by atoms with E-state index in [9.17, 15) is 9.59 Å². The minimum atomic E-state index is -0.371. The van der Waals surface area contributed by atoms with Crippen LogP contribution in [0.2, 0.25) is 0 Å². The molecule has 0 aliphatic heterocycles. The SMILES string of the molecule is CC(=O)Oc1ccc(C(=O)CBr)cc1. The van der Waals surface area contributed by atoms with E-state index >= 15 is 0 Å². The zero-order chi connectivity index (χ0) is 10.6. The summed E-state index contributed by atoms with van der Waals surface area (Å²) in [5.41, 5.74) is 0.595. The third-order valence-corrected chi connectivity index (χ3v) is 2.07. The number of hydrogen-bond acceptors (Lipinski definition) is 3. The lowest BCUT2D eigenvalue weighted by molar-refractivity contribution is -0.131. The molecule has 0 unspecified atom stereocenters. The number of ether oxygens (including phenoxy) is 1. The number of hydrogen-bond donors (Lipinski definition) is 0. The van der Waals surface area contributed by atoms with E-state index in [0.29, 0.717) is 16.6 Å². The zero-order valence-corrected chi connectivity index (χ0v) is 9.21. The molecule has 1 aromatic rings. The summed E-state index contributed by atoms with van der Waals surface area (Å²) in [6.45, 7) is 1.33. The highest BCUT2D eigenvalue weighted by Crippen LogP contribution is 2.13. The Morgan fingerprint density at radius 3 is 2.29 bits per heavy atom. The van der Waals surface area contributed by atoms with Gasteiger partial charge in [0.1, 0.15) is 5.75 Å². The Kier molecular flexibility index (Phi) is 3.83. The number of carbonyl (C=O) groups excluding carboxylic acids is 2. The summed E-state index contributed by atoms with van der Waals surface area (Å²) in [4.78, 5) is 21.8. The van der Waals surface area contributed by atoms with Crippen LogP contribution in [-0.4, -0.2) is 17.1 Å². The molecule has 4 heteroatoms. The molecule has 3 nitrogen and oxygen atoms in total. The van der Waals surface area contributed by atoms with E-state index in [2.05, 4.69) is 15.9 Å². The predicted octanol–water partition coefficient (Wildman–Crippen LogP) is 2.19. The number of halogens is 1. The third-order valence-electron chi connectivity index (χ3n) is 1.56. The molecule has 0 N–H and O–H groups in total. The van der Waals surface area contributed by atoms with E-state index in [-0.39, 0.29) is 11.8 Å². The first kappa shape index (κ1) is 10.9. The topological polar surface area (TPSA) is 43.4 Å². The average Bonchev–Trinajstić information content (AvgIpc) is 2.17. The molecule has 0 saturated carbocycles. The van der Waals surface area contributed by atoms with Crippen molar-refractivity contribution >= 4 is 27.7 Å². The Balaban J connectivity index is 2.78. The molecule has 0 bridgehead atoms. The molecule has 0 radical (unpaired) electrons. The molecular formula is C10H9BrO3. The lowest BCUT2D eigenvalue weighted by atomic mass is 10.1. The predicted molar refractivity (Wildman–Crippen MR) is 55.9 cm³/mol. The molecular weight excluding hydrogens is 248 g/mol. The maximum Gasteiger partial charge on any atom is 0.308 e. The minimum Gasteiger partial charge on any atom is -0.427 e. The first-order valence-corrected chi connectivity index (χ1v) is 5.13. The fraction of sp³-hybridized carbons (Fsp3) is 0.200. The first-order chi connectivity index (χ1) is 6.63. The van der Waals surface area contributed by atoms with Gasteiger partial charge in [0.2, 0.25) is 0 Å². The van der Waals surface area contributed by atoms with E-state index in [1.807, 2.05) is 0 Å². The number of carbonyl (C=O) groups is 2. The highest BCUT2D eigenvalue weighted by atomic mass is 79.9. The second-order valence-electron chi connectivity index (χ2n) is 2.67. The zero-order valence-electron chi connectivity index (χ0n) is 7.62. The third kappa shape index (κ3) is 2.96. The molecule has 0 fully saturated rings. The summed E-state index contributed by atoms with van der Waals surface area (Å²) >= 11 is 3.08. The van der Waals surface area contributed by atoms with Gasteiger partial charge < -0.3 is 4.74 Å². The Hall–Kier alpha value is -1.16. The Morgan fingerprint density at radius 2 is 1.86 bits per heavy atom. The summed E-state index contributed by atoms with van der Waals surface area (Å²) < 4.78 is 4.82. The molecule has 0 spiro atoms. The maximum atomic E-state index is 11.2. The van der Waals surface area contributed by atoms with Crippen LogP contribution in [0, 0.1) is 0 Å². The number of benzene rings is 1. The highest BCUT2D eigenvalue weighted by molar-refractivity contribution is 9.09. The van der Waals surface area contributed by atoms with Crippen LogP contribution in [0.25, 0.3) is 0 Å². The smallest absolute Gasteiger partial charge is 0.308 e. The van der Waals surface area contributed by atoms with Crippen molar-refractivity contribution in [1.82, 2.24) is 0 Å². The number of ketones is 1. The minimum absolute atomic E-state index is 0.000579. The van der Waals surface area contributed by atoms with Gasteiger partial charge in [-0.15, -0.1) is 0 Å². The molecule has 0 aliphatic carbocycles. The molecule has 14 heavy (non-hydrogen) atoms. The Bertz CT molecular complexity index is 343. The van der Waals surface area contributed by atoms with Crippen LogP contribution < -0.4 is 4.74 Å². The summed E-state index contributed by atoms with van der Waals surface area (Å²) in [5, 5.41) is 0.292. The average molecular weight is 257 g/mol. The van der Waals surface area contributed by atoms with Crippen LogP contribution in [0.5, 0.6) is 5.75 Å². The lowest BCUT2D eigenvalue weighted by Crippen LogP contribution is -2.03. The molecule has 0 aliphatic rings. The van der Waals surface area contributed by atoms with Gasteiger partial charge in [-0.1, -0.05) is 15.9 Å². The molecule has 0 atom stereocenters. The van der Waals surface area contributed by atoms with Gasteiger partial charge in [0.15, 0.2) is 5.78 Å². The monoisotopic (exact) mass is 256 g/mol. The standard InChI is InChI=1S/C10H9BrO3/c1-7(12)14-9-4-2-8(3-5-9)10(13)6-11/h2-5H,6H2,1H3. The van der Waals surface area contributed by atoms with Crippen LogP contribution in [0.15, 0.2) is 24.3 Å². The van der Waals surface area contributed by atoms with E-state index in [4.69, 9.17) is 4.74 Å². The largest absolute Gasteiger partial charge is 0.427 e. The van der Waals surface area contributed by atoms with Gasteiger partial charge in [0.25, 0.3) is 0 Å². The first-order valence-electron chi connectivity index (χ1n) is 4.01. The van der Waals surface area contributed by atoms with Crippen molar-refractivity contribution in [2.24, 2.45) is 0 Å². The van der Waals surface area contributed by atoms with E-state index < -0.39 is 0 Å². The summed E-state index contributed by atoms with van der Waals surface area (Å²) in [7, 11) is 0. The van der Waals surface area contributed by atoms with Crippen LogP contribution in [0.4, 0.5) is 0 Å². The van der Waals surface area contributed by atoms with Crippen molar-refractivity contribution in [2.75, 3.05) is 5.33 Å². The van der Waals surface area contributed by atoms with Crippen molar-refractivity contribution in [2.45, 2.75) is 6.92 Å². The second kappa shape index (κ2) is 4.91. The van der Waals surface area contributed by atoms with Crippen LogP contribution >= 0.6 is 15.9 Å². The van der Waals surface area contributed by atoms with Gasteiger partial charge >= 0.3 is 5.97 Å². The van der Waals surface area contributed by atoms with Crippen LogP contribution in [0.3, 0.4) is 0 Å². The van der Waals surface area contributed by atoms with Crippen molar-refractivity contribution < 1.29 is 14.3 Å². The summed E-state index contributed by atoms with van der Waals surface area (Å²) in [6.07, 6.45) is 0. The van der Waals surface area contributed by atoms with Crippen molar-refractivity contribution in [1.29, 1.82) is 0 Å². The summed E-state index contributed by atoms with van der Waals surface area (Å²) in [6, 6.07) is 6.44. The lowest BCUT2D eigenvalue weighted by Gasteiger charge is -2.01. The molecule has 1 rings (SSSR count). The van der Waals surface area contributed by atoms with Crippen molar-refractivity contribution in [3.8, 4) is 5.75 Å². The maximum absolute atomic E-state index is 11.2. The molecule has 0 amide bonds. The van der Waals surface area contributed by atoms with Gasteiger partial charge in [0, 0.05) is 12.5 Å². The Labute approximate surface area is 90.2 Å². The van der Waals surface area contributed by atoms with Crippen LogP contribution in [-0.2, 0) is 4.79 Å². The highest BCUT2D eigenvalue weighted by Gasteiger charge is 2.04. The number of alkyl halides is 1. The van der Waals surface area contributed by atoms with Gasteiger partial charge in [-0.25, -0.2) is 0 Å². The van der Waals surface area contributed by atoms with E-state index in [1.165, 1.54) is 6.92 Å². The van der Waals surface area contributed by atoms with Crippen LogP contribution in [0.1, 0.15) is 17.3 Å². The second-order valence-corrected chi connectivity index (χ2v) is 3.24. The number of rotatable bonds is 3. The fourth-order valence-corrected chi connectivity index (χ4v) is 1.28. The fourth-order valence-electron chi connectivity index (χ4n) is 0.952. The molecule has 0 heterocycles.